The molecule has 9 heteroatoms. The monoisotopic (exact) mass is 516 g/mol. The molecule has 192 valence electrons. The Balaban J connectivity index is 1.57. The van der Waals surface area contributed by atoms with Crippen molar-refractivity contribution >= 4 is 34.4 Å². The second kappa shape index (κ2) is 12.0. The smallest absolute Gasteiger partial charge is 0.251 e. The first-order valence-corrected chi connectivity index (χ1v) is 13.6. The van der Waals surface area contributed by atoms with Gasteiger partial charge in [0.25, 0.3) is 5.91 Å². The number of fused-ring (bicyclic) bond motifs is 1. The molecule has 0 saturated heterocycles. The number of thioether (sulfide) groups is 1. The van der Waals surface area contributed by atoms with Crippen molar-refractivity contribution in [2.45, 2.75) is 32.8 Å². The number of benzene rings is 1. The van der Waals surface area contributed by atoms with Gasteiger partial charge in [0.2, 0.25) is 5.88 Å². The number of carbonyl (C=O) groups is 1. The normalized spacial score (nSPS) is 11.9. The van der Waals surface area contributed by atoms with Crippen molar-refractivity contribution in [1.82, 2.24) is 25.3 Å². The van der Waals surface area contributed by atoms with Crippen LogP contribution in [0.15, 0.2) is 55.1 Å². The van der Waals surface area contributed by atoms with Crippen LogP contribution in [0, 0.1) is 6.92 Å². The first-order valence-electron chi connectivity index (χ1n) is 12.2. The second-order valence-corrected chi connectivity index (χ2v) is 9.93. The summed E-state index contributed by atoms with van der Waals surface area (Å²) in [5.74, 6) is 2.29. The lowest BCUT2D eigenvalue weighted by Gasteiger charge is -2.20. The number of hydrogen-bond donors (Lipinski definition) is 2. The van der Waals surface area contributed by atoms with E-state index in [0.717, 1.165) is 44.9 Å². The van der Waals surface area contributed by atoms with Crippen molar-refractivity contribution in [3.05, 3.63) is 71.8 Å². The summed E-state index contributed by atoms with van der Waals surface area (Å²) in [5, 5.41) is 7.06. The highest BCUT2D eigenvalue weighted by molar-refractivity contribution is 7.98. The predicted molar refractivity (Wildman–Crippen MR) is 151 cm³/mol. The molecule has 1 aromatic carbocycles. The number of carbonyl (C=O) groups excluding carboxylic acids is 1. The van der Waals surface area contributed by atoms with Crippen LogP contribution in [0.25, 0.3) is 22.2 Å². The van der Waals surface area contributed by atoms with Crippen LogP contribution >= 0.6 is 11.8 Å². The van der Waals surface area contributed by atoms with Gasteiger partial charge >= 0.3 is 0 Å². The Morgan fingerprint density at radius 2 is 1.95 bits per heavy atom. The van der Waals surface area contributed by atoms with Crippen LogP contribution in [0.4, 0.5) is 5.82 Å². The van der Waals surface area contributed by atoms with Gasteiger partial charge in [-0.15, -0.1) is 0 Å². The molecule has 0 aliphatic carbocycles. The molecular weight excluding hydrogens is 484 g/mol. The average Bonchev–Trinajstić information content (AvgIpc) is 2.91. The average molecular weight is 517 g/mol. The number of aryl methyl sites for hydroxylation is 1. The van der Waals surface area contributed by atoms with Gasteiger partial charge in [0, 0.05) is 60.2 Å². The lowest BCUT2D eigenvalue weighted by atomic mass is 9.95. The van der Waals surface area contributed by atoms with Crippen molar-refractivity contribution < 1.29 is 9.53 Å². The van der Waals surface area contributed by atoms with E-state index in [9.17, 15) is 4.79 Å². The number of aromatic nitrogens is 4. The maximum absolute atomic E-state index is 12.4. The SMILES string of the molecule is CNC(=O)c1ccnc2c(C(CNc3cc(-c4cnc(OC(C)C)c(C)c4)ncn3)CSC)cccc12. The summed E-state index contributed by atoms with van der Waals surface area (Å²) in [5.41, 5.74) is 5.21. The van der Waals surface area contributed by atoms with Crippen LogP contribution in [0.2, 0.25) is 0 Å². The van der Waals surface area contributed by atoms with E-state index in [1.54, 1.807) is 43.6 Å². The molecule has 0 aliphatic heterocycles. The Labute approximate surface area is 221 Å². The van der Waals surface area contributed by atoms with E-state index in [0.29, 0.717) is 18.0 Å². The molecule has 4 rings (SSSR count). The molecule has 2 N–H and O–H groups in total. The third-order valence-electron chi connectivity index (χ3n) is 5.95. The predicted octanol–water partition coefficient (Wildman–Crippen LogP) is 5.10. The van der Waals surface area contributed by atoms with Crippen molar-refractivity contribution in [3.63, 3.8) is 0 Å². The topological polar surface area (TPSA) is 102 Å². The standard InChI is InChI=1S/C28H32N6O2S/c1-17(2)36-28-18(3)11-19(13-32-28)24-12-25(34-16-33-24)31-14-20(15-37-5)21-7-6-8-22-23(27(35)29-4)9-10-30-26(21)22/h6-13,16-17,20H,14-15H2,1-5H3,(H,29,35)(H,31,33,34). The Morgan fingerprint density at radius 1 is 1.11 bits per heavy atom. The summed E-state index contributed by atoms with van der Waals surface area (Å²) in [4.78, 5) is 30.4. The third-order valence-corrected chi connectivity index (χ3v) is 6.69. The van der Waals surface area contributed by atoms with Gasteiger partial charge in [-0.05, 0) is 44.7 Å². The molecule has 0 fully saturated rings. The highest BCUT2D eigenvalue weighted by Crippen LogP contribution is 2.29. The summed E-state index contributed by atoms with van der Waals surface area (Å²) in [6, 6.07) is 11.7. The third kappa shape index (κ3) is 6.17. The van der Waals surface area contributed by atoms with Crippen LogP contribution in [0.5, 0.6) is 5.88 Å². The number of rotatable bonds is 10. The molecule has 3 aromatic heterocycles. The molecule has 1 amide bonds. The Morgan fingerprint density at radius 3 is 2.68 bits per heavy atom. The Bertz CT molecular complexity index is 1390. The van der Waals surface area contributed by atoms with Gasteiger partial charge in [0.1, 0.15) is 12.1 Å². The van der Waals surface area contributed by atoms with E-state index in [1.807, 2.05) is 45.0 Å². The molecule has 3 heterocycles. The minimum Gasteiger partial charge on any atom is -0.475 e. The molecule has 0 aliphatic rings. The molecule has 8 nitrogen and oxygen atoms in total. The lowest BCUT2D eigenvalue weighted by molar-refractivity contribution is 0.0964. The summed E-state index contributed by atoms with van der Waals surface area (Å²) < 4.78 is 5.76. The Kier molecular flexibility index (Phi) is 8.55. The summed E-state index contributed by atoms with van der Waals surface area (Å²) >= 11 is 1.77. The fourth-order valence-corrected chi connectivity index (χ4v) is 4.91. The van der Waals surface area contributed by atoms with Gasteiger partial charge in [-0.2, -0.15) is 11.8 Å². The van der Waals surface area contributed by atoms with Gasteiger partial charge < -0.3 is 15.4 Å². The van der Waals surface area contributed by atoms with Crippen molar-refractivity contribution in [1.29, 1.82) is 0 Å². The summed E-state index contributed by atoms with van der Waals surface area (Å²) in [7, 11) is 1.64. The minimum absolute atomic E-state index is 0.0634. The number of para-hydroxylation sites is 1. The van der Waals surface area contributed by atoms with Crippen LogP contribution in [0.3, 0.4) is 0 Å². The van der Waals surface area contributed by atoms with E-state index in [4.69, 9.17) is 4.74 Å². The van der Waals surface area contributed by atoms with Crippen molar-refractivity contribution in [2.75, 3.05) is 30.9 Å². The van der Waals surface area contributed by atoms with Crippen LogP contribution in [-0.4, -0.2) is 57.5 Å². The molecule has 0 saturated carbocycles. The zero-order valence-corrected chi connectivity index (χ0v) is 22.6. The van der Waals surface area contributed by atoms with Gasteiger partial charge in [-0.25, -0.2) is 15.0 Å². The van der Waals surface area contributed by atoms with E-state index < -0.39 is 0 Å². The molecule has 0 bridgehead atoms. The fourth-order valence-electron chi connectivity index (χ4n) is 4.21. The number of amides is 1. The minimum atomic E-state index is -0.119. The zero-order valence-electron chi connectivity index (χ0n) is 21.8. The number of nitrogens with zero attached hydrogens (tertiary/aromatic N) is 4. The van der Waals surface area contributed by atoms with Crippen molar-refractivity contribution in [3.8, 4) is 17.1 Å². The molecule has 1 atom stereocenters. The molecule has 1 unspecified atom stereocenters. The molecule has 4 aromatic rings. The maximum Gasteiger partial charge on any atom is 0.251 e. The van der Waals surface area contributed by atoms with Crippen LogP contribution < -0.4 is 15.4 Å². The lowest BCUT2D eigenvalue weighted by Crippen LogP contribution is -2.19. The van der Waals surface area contributed by atoms with E-state index in [1.165, 1.54) is 0 Å². The maximum atomic E-state index is 12.4. The van der Waals surface area contributed by atoms with E-state index in [2.05, 4.69) is 42.9 Å². The number of nitrogens with one attached hydrogen (secondary N) is 2. The summed E-state index contributed by atoms with van der Waals surface area (Å²) in [6.45, 7) is 6.60. The largest absolute Gasteiger partial charge is 0.475 e. The van der Waals surface area contributed by atoms with E-state index in [-0.39, 0.29) is 17.9 Å². The van der Waals surface area contributed by atoms with Gasteiger partial charge in [-0.3, -0.25) is 9.78 Å². The quantitative estimate of drug-likeness (QED) is 0.300. The number of hydrogen-bond acceptors (Lipinski definition) is 8. The van der Waals surface area contributed by atoms with Crippen LogP contribution in [0.1, 0.15) is 41.3 Å². The molecular formula is C28H32N6O2S. The van der Waals surface area contributed by atoms with Gasteiger partial charge in [0.05, 0.1) is 22.9 Å². The molecule has 37 heavy (non-hydrogen) atoms. The Hall–Kier alpha value is -3.72. The highest BCUT2D eigenvalue weighted by Gasteiger charge is 2.18. The molecule has 0 radical (unpaired) electrons. The first-order chi connectivity index (χ1) is 17.9. The van der Waals surface area contributed by atoms with Crippen molar-refractivity contribution in [2.24, 2.45) is 0 Å². The number of ether oxygens (including phenoxy) is 1. The van der Waals surface area contributed by atoms with Gasteiger partial charge in [-0.1, -0.05) is 18.2 Å². The zero-order chi connectivity index (χ0) is 26.4. The van der Waals surface area contributed by atoms with Gasteiger partial charge in [0.15, 0.2) is 0 Å². The first kappa shape index (κ1) is 26.3. The molecule has 0 spiro atoms. The number of pyridine rings is 2. The fraction of sp³-hybridized carbons (Fsp3) is 0.321. The second-order valence-electron chi connectivity index (χ2n) is 9.02. The van der Waals surface area contributed by atoms with E-state index >= 15 is 0 Å². The summed E-state index contributed by atoms with van der Waals surface area (Å²) in [6.07, 6.45) is 7.19. The highest BCUT2D eigenvalue weighted by atomic mass is 32.2. The van der Waals surface area contributed by atoms with Crippen LogP contribution in [-0.2, 0) is 0 Å². The number of anilines is 1.